The maximum absolute atomic E-state index is 11.9. The summed E-state index contributed by atoms with van der Waals surface area (Å²) in [6.45, 7) is 11.7. The first kappa shape index (κ1) is 25.1. The molecule has 1 unspecified atom stereocenters. The summed E-state index contributed by atoms with van der Waals surface area (Å²) in [4.78, 5) is 18.8. The lowest BCUT2D eigenvalue weighted by atomic mass is 9.92. The van der Waals surface area contributed by atoms with Crippen molar-refractivity contribution in [1.29, 1.82) is 0 Å². The quantitative estimate of drug-likeness (QED) is 0.370. The van der Waals surface area contributed by atoms with Crippen molar-refractivity contribution in [3.8, 4) is 0 Å². The maximum atomic E-state index is 11.9. The van der Waals surface area contributed by atoms with Crippen molar-refractivity contribution in [3.63, 3.8) is 0 Å². The lowest BCUT2D eigenvalue weighted by Crippen LogP contribution is -2.53. The summed E-state index contributed by atoms with van der Waals surface area (Å²) < 4.78 is 5.55. The van der Waals surface area contributed by atoms with E-state index in [1.54, 1.807) is 7.05 Å². The molecule has 0 bridgehead atoms. The van der Waals surface area contributed by atoms with Crippen molar-refractivity contribution >= 4 is 17.6 Å². The number of anilines is 1. The molecule has 31 heavy (non-hydrogen) atoms. The van der Waals surface area contributed by atoms with Gasteiger partial charge in [-0.1, -0.05) is 45.7 Å². The normalized spacial score (nSPS) is 16.2. The Kier molecular flexibility index (Phi) is 11.4. The van der Waals surface area contributed by atoms with Crippen LogP contribution in [0.5, 0.6) is 0 Å². The predicted octanol–water partition coefficient (Wildman–Crippen LogP) is 3.23. The maximum Gasteiger partial charge on any atom is 0.224 e. The van der Waals surface area contributed by atoms with Crippen LogP contribution in [-0.2, 0) is 16.1 Å². The minimum Gasteiger partial charge on any atom is -0.379 e. The zero-order valence-corrected chi connectivity index (χ0v) is 19.7. The van der Waals surface area contributed by atoms with E-state index in [1.165, 1.54) is 12.8 Å². The molecule has 1 aliphatic heterocycles. The van der Waals surface area contributed by atoms with E-state index in [1.807, 2.05) is 25.1 Å². The van der Waals surface area contributed by atoms with Gasteiger partial charge in [-0.25, -0.2) is 0 Å². The minimum absolute atomic E-state index is 0.0562. The number of aliphatic imine (C=N–C) groups is 1. The number of rotatable bonds is 11. The first-order chi connectivity index (χ1) is 15.1. The van der Waals surface area contributed by atoms with E-state index in [9.17, 15) is 4.79 Å². The number of amides is 1. The number of nitrogens with one attached hydrogen (secondary N) is 3. The van der Waals surface area contributed by atoms with Gasteiger partial charge in [-0.3, -0.25) is 14.7 Å². The van der Waals surface area contributed by atoms with Crippen LogP contribution in [-0.4, -0.2) is 62.7 Å². The van der Waals surface area contributed by atoms with E-state index in [4.69, 9.17) is 4.74 Å². The zero-order chi connectivity index (χ0) is 22.5. The Morgan fingerprint density at radius 1 is 1.16 bits per heavy atom. The van der Waals surface area contributed by atoms with Crippen LogP contribution in [0, 0.1) is 5.92 Å². The summed E-state index contributed by atoms with van der Waals surface area (Å²) in [6, 6.07) is 8.42. The average molecular weight is 432 g/mol. The van der Waals surface area contributed by atoms with Gasteiger partial charge in [0.1, 0.15) is 0 Å². The van der Waals surface area contributed by atoms with Gasteiger partial charge in [0.15, 0.2) is 5.96 Å². The highest BCUT2D eigenvalue weighted by molar-refractivity contribution is 5.90. The molecule has 1 saturated heterocycles. The number of hydrogen-bond acceptors (Lipinski definition) is 4. The Bertz CT molecular complexity index is 684. The second-order valence-corrected chi connectivity index (χ2v) is 8.10. The highest BCUT2D eigenvalue weighted by atomic mass is 16.5. The smallest absolute Gasteiger partial charge is 0.224 e. The van der Waals surface area contributed by atoms with Gasteiger partial charge in [0.25, 0.3) is 0 Å². The molecule has 3 N–H and O–H groups in total. The molecule has 1 atom stereocenters. The number of carbonyl (C=O) groups is 1. The van der Waals surface area contributed by atoms with Crippen molar-refractivity contribution in [2.24, 2.45) is 10.9 Å². The molecule has 0 aromatic heterocycles. The van der Waals surface area contributed by atoms with Gasteiger partial charge in [0.2, 0.25) is 5.91 Å². The number of morpholine rings is 1. The predicted molar refractivity (Wildman–Crippen MR) is 128 cm³/mol. The van der Waals surface area contributed by atoms with Gasteiger partial charge >= 0.3 is 0 Å². The van der Waals surface area contributed by atoms with Crippen LogP contribution in [0.25, 0.3) is 0 Å². The molecule has 1 heterocycles. The molecule has 1 aromatic carbocycles. The van der Waals surface area contributed by atoms with Crippen molar-refractivity contribution < 1.29 is 9.53 Å². The second-order valence-electron chi connectivity index (χ2n) is 8.10. The molecular formula is C24H41N5O2. The van der Waals surface area contributed by atoms with Crippen molar-refractivity contribution in [1.82, 2.24) is 15.5 Å². The Morgan fingerprint density at radius 2 is 1.90 bits per heavy atom. The molecule has 0 aliphatic carbocycles. The molecule has 0 radical (unpaired) electrons. The van der Waals surface area contributed by atoms with E-state index >= 15 is 0 Å². The van der Waals surface area contributed by atoms with Crippen LogP contribution >= 0.6 is 0 Å². The van der Waals surface area contributed by atoms with Crippen LogP contribution in [0.4, 0.5) is 5.69 Å². The van der Waals surface area contributed by atoms with E-state index in [0.29, 0.717) is 24.9 Å². The summed E-state index contributed by atoms with van der Waals surface area (Å²) in [6.07, 6.45) is 3.73. The molecule has 0 saturated carbocycles. The largest absolute Gasteiger partial charge is 0.379 e. The Labute approximate surface area is 188 Å². The zero-order valence-electron chi connectivity index (χ0n) is 19.7. The second kappa shape index (κ2) is 14.0. The van der Waals surface area contributed by atoms with Gasteiger partial charge in [-0.15, -0.1) is 0 Å². The van der Waals surface area contributed by atoms with Gasteiger partial charge in [0, 0.05) is 51.4 Å². The van der Waals surface area contributed by atoms with Gasteiger partial charge in [-0.2, -0.15) is 0 Å². The fourth-order valence-corrected chi connectivity index (χ4v) is 4.15. The lowest BCUT2D eigenvalue weighted by molar-refractivity contribution is -0.116. The third-order valence-electron chi connectivity index (χ3n) is 5.96. The molecular weight excluding hydrogens is 390 g/mol. The highest BCUT2D eigenvalue weighted by Crippen LogP contribution is 2.19. The summed E-state index contributed by atoms with van der Waals surface area (Å²) in [7, 11) is 1.80. The fourth-order valence-electron chi connectivity index (χ4n) is 4.15. The van der Waals surface area contributed by atoms with E-state index in [-0.39, 0.29) is 5.91 Å². The molecule has 2 rings (SSSR count). The number of carbonyl (C=O) groups excluding carboxylic acids is 1. The average Bonchev–Trinajstić information content (AvgIpc) is 2.79. The van der Waals surface area contributed by atoms with Gasteiger partial charge in [-0.05, 0) is 30.0 Å². The van der Waals surface area contributed by atoms with Crippen molar-refractivity contribution in [2.75, 3.05) is 45.2 Å². The molecule has 7 nitrogen and oxygen atoms in total. The Morgan fingerprint density at radius 3 is 2.55 bits per heavy atom. The van der Waals surface area contributed by atoms with Crippen LogP contribution in [0.2, 0.25) is 0 Å². The molecule has 7 heteroatoms. The third kappa shape index (κ3) is 8.50. The van der Waals surface area contributed by atoms with Crippen LogP contribution < -0.4 is 16.0 Å². The van der Waals surface area contributed by atoms with Crippen LogP contribution in [0.15, 0.2) is 29.3 Å². The summed E-state index contributed by atoms with van der Waals surface area (Å²) >= 11 is 0. The molecule has 1 fully saturated rings. The summed E-state index contributed by atoms with van der Waals surface area (Å²) in [5.41, 5.74) is 1.93. The monoisotopic (exact) mass is 431 g/mol. The number of benzene rings is 1. The highest BCUT2D eigenvalue weighted by Gasteiger charge is 2.27. The Hall–Kier alpha value is -2.12. The van der Waals surface area contributed by atoms with Gasteiger partial charge in [0.05, 0.1) is 13.2 Å². The lowest BCUT2D eigenvalue weighted by Gasteiger charge is -2.39. The van der Waals surface area contributed by atoms with E-state index in [2.05, 4.69) is 45.8 Å². The van der Waals surface area contributed by atoms with Crippen LogP contribution in [0.3, 0.4) is 0 Å². The Balaban J connectivity index is 1.91. The summed E-state index contributed by atoms with van der Waals surface area (Å²) in [5.74, 6) is 1.50. The molecule has 174 valence electrons. The van der Waals surface area contributed by atoms with E-state index in [0.717, 1.165) is 56.5 Å². The van der Waals surface area contributed by atoms with Gasteiger partial charge < -0.3 is 20.7 Å². The number of ether oxygens (including phenoxy) is 1. The first-order valence-electron chi connectivity index (χ1n) is 11.8. The molecule has 1 aromatic rings. The fraction of sp³-hybridized carbons (Fsp3) is 0.667. The minimum atomic E-state index is 0.0562. The third-order valence-corrected chi connectivity index (χ3v) is 5.96. The standard InChI is InChI=1S/C24H41N5O2/c1-5-9-23(30)28-21-11-8-10-19(16-21)17-26-24(25-4)27-18-22(20(6-2)7-3)29-12-14-31-15-13-29/h8,10-11,16,20,22H,5-7,9,12-15,17-18H2,1-4H3,(H,28,30)(H2,25,26,27). The SMILES string of the molecule is CCCC(=O)Nc1cccc(CNC(=NC)NCC(C(CC)CC)N2CCOCC2)c1. The van der Waals surface area contributed by atoms with Crippen molar-refractivity contribution in [3.05, 3.63) is 29.8 Å². The van der Waals surface area contributed by atoms with Crippen molar-refractivity contribution in [2.45, 2.75) is 59.0 Å². The molecule has 1 aliphatic rings. The number of nitrogens with zero attached hydrogens (tertiary/aromatic N) is 2. The topological polar surface area (TPSA) is 78.0 Å². The molecule has 1 amide bonds. The molecule has 0 spiro atoms. The first-order valence-corrected chi connectivity index (χ1v) is 11.8. The van der Waals surface area contributed by atoms with Crippen LogP contribution in [0.1, 0.15) is 52.0 Å². The summed E-state index contributed by atoms with van der Waals surface area (Å²) in [5, 5.41) is 9.90. The number of guanidine groups is 1. The van der Waals surface area contributed by atoms with E-state index < -0.39 is 0 Å². The number of hydrogen-bond donors (Lipinski definition) is 3.